The number of carboxylic acid groups (broad SMARTS) is 1. The van der Waals surface area contributed by atoms with Crippen molar-refractivity contribution in [2.75, 3.05) is 11.9 Å². The highest BCUT2D eigenvalue weighted by molar-refractivity contribution is 5.93. The molecular formula is C23H21FN2O3. The predicted octanol–water partition coefficient (Wildman–Crippen LogP) is 5.24. The van der Waals surface area contributed by atoms with E-state index in [0.29, 0.717) is 18.0 Å². The van der Waals surface area contributed by atoms with Crippen molar-refractivity contribution in [2.24, 2.45) is 0 Å². The molecule has 1 aromatic heterocycles. The van der Waals surface area contributed by atoms with E-state index in [-0.39, 0.29) is 17.3 Å². The first-order valence-electron chi connectivity index (χ1n) is 9.57. The molecule has 1 aliphatic carbocycles. The molecule has 1 heterocycles. The molecule has 4 rings (SSSR count). The van der Waals surface area contributed by atoms with Crippen LogP contribution in [0.5, 0.6) is 11.5 Å². The summed E-state index contributed by atoms with van der Waals surface area (Å²) in [6.07, 6.45) is 6.08. The minimum absolute atomic E-state index is 0.221. The smallest absolute Gasteiger partial charge is 0.337 e. The van der Waals surface area contributed by atoms with Crippen molar-refractivity contribution in [2.45, 2.75) is 25.2 Å². The van der Waals surface area contributed by atoms with Crippen LogP contribution in [0.2, 0.25) is 0 Å². The molecule has 1 atom stereocenters. The van der Waals surface area contributed by atoms with Crippen LogP contribution in [0.3, 0.4) is 0 Å². The average molecular weight is 392 g/mol. The fourth-order valence-corrected chi connectivity index (χ4v) is 3.76. The van der Waals surface area contributed by atoms with Gasteiger partial charge in [-0.2, -0.15) is 0 Å². The Morgan fingerprint density at radius 2 is 1.97 bits per heavy atom. The summed E-state index contributed by atoms with van der Waals surface area (Å²) < 4.78 is 18.9. The van der Waals surface area contributed by atoms with Crippen LogP contribution >= 0.6 is 0 Å². The molecule has 2 N–H and O–H groups in total. The van der Waals surface area contributed by atoms with Crippen molar-refractivity contribution in [1.82, 2.24) is 4.98 Å². The van der Waals surface area contributed by atoms with Gasteiger partial charge >= 0.3 is 5.97 Å². The zero-order valence-corrected chi connectivity index (χ0v) is 15.8. The number of hydrogen-bond donors (Lipinski definition) is 2. The monoisotopic (exact) mass is 392 g/mol. The summed E-state index contributed by atoms with van der Waals surface area (Å²) in [5, 5.41) is 12.6. The Morgan fingerprint density at radius 1 is 1.17 bits per heavy atom. The Labute approximate surface area is 168 Å². The van der Waals surface area contributed by atoms with Crippen LogP contribution < -0.4 is 10.1 Å². The number of ether oxygens (including phenoxy) is 1. The van der Waals surface area contributed by atoms with Gasteiger partial charge in [-0.05, 0) is 72.9 Å². The van der Waals surface area contributed by atoms with Gasteiger partial charge in [0.15, 0.2) is 0 Å². The van der Waals surface area contributed by atoms with E-state index in [1.165, 1.54) is 35.5 Å². The number of aromatic carboxylic acids is 1. The number of nitrogens with one attached hydrogen (secondary N) is 1. The van der Waals surface area contributed by atoms with E-state index in [1.807, 2.05) is 12.1 Å². The van der Waals surface area contributed by atoms with E-state index in [2.05, 4.69) is 16.4 Å². The summed E-state index contributed by atoms with van der Waals surface area (Å²) >= 11 is 0. The lowest BCUT2D eigenvalue weighted by atomic mass is 9.82. The number of benzene rings is 2. The maximum absolute atomic E-state index is 13.1. The summed E-state index contributed by atoms with van der Waals surface area (Å²) in [5.74, 6) is 0.336. The fraction of sp³-hybridized carbons (Fsp3) is 0.217. The van der Waals surface area contributed by atoms with Crippen LogP contribution in [0.1, 0.15) is 40.2 Å². The lowest BCUT2D eigenvalue weighted by Gasteiger charge is -2.27. The molecule has 29 heavy (non-hydrogen) atoms. The second-order valence-electron chi connectivity index (χ2n) is 7.11. The van der Waals surface area contributed by atoms with Crippen LogP contribution in [0.4, 0.5) is 10.1 Å². The Morgan fingerprint density at radius 3 is 2.76 bits per heavy atom. The second-order valence-corrected chi connectivity index (χ2v) is 7.11. The first kappa shape index (κ1) is 18.9. The highest BCUT2D eigenvalue weighted by Gasteiger charge is 2.21. The van der Waals surface area contributed by atoms with Crippen molar-refractivity contribution in [1.29, 1.82) is 0 Å². The van der Waals surface area contributed by atoms with Crippen molar-refractivity contribution in [3.8, 4) is 11.5 Å². The topological polar surface area (TPSA) is 71.5 Å². The quantitative estimate of drug-likeness (QED) is 0.600. The summed E-state index contributed by atoms with van der Waals surface area (Å²) in [5.41, 5.74) is 3.23. The van der Waals surface area contributed by atoms with Crippen molar-refractivity contribution in [3.63, 3.8) is 0 Å². The van der Waals surface area contributed by atoms with Crippen molar-refractivity contribution >= 4 is 11.7 Å². The number of fused-ring (bicyclic) bond motifs is 1. The molecule has 2 aromatic carbocycles. The number of carboxylic acids is 1. The fourth-order valence-electron chi connectivity index (χ4n) is 3.76. The molecule has 1 aliphatic rings. The van der Waals surface area contributed by atoms with Crippen LogP contribution in [0.25, 0.3) is 0 Å². The highest BCUT2D eigenvalue weighted by atomic mass is 19.1. The van der Waals surface area contributed by atoms with Crippen LogP contribution in [0.15, 0.2) is 60.9 Å². The first-order chi connectivity index (χ1) is 14.1. The molecular weight excluding hydrogens is 371 g/mol. The summed E-state index contributed by atoms with van der Waals surface area (Å²) in [4.78, 5) is 15.4. The Kier molecular flexibility index (Phi) is 5.42. The lowest BCUT2D eigenvalue weighted by molar-refractivity contribution is 0.0697. The molecule has 1 unspecified atom stereocenters. The van der Waals surface area contributed by atoms with Crippen molar-refractivity contribution in [3.05, 3.63) is 83.4 Å². The van der Waals surface area contributed by atoms with E-state index in [1.54, 1.807) is 18.3 Å². The SMILES string of the molecule is O=C(O)c1ccncc1NCC1CCCc2cc(Oc3ccc(F)cc3)ccc21. The van der Waals surface area contributed by atoms with Crippen LogP contribution in [-0.2, 0) is 6.42 Å². The minimum Gasteiger partial charge on any atom is -0.478 e. The number of nitrogens with zero attached hydrogens (tertiary/aromatic N) is 1. The summed E-state index contributed by atoms with van der Waals surface area (Å²) in [7, 11) is 0. The molecule has 0 amide bonds. The van der Waals surface area contributed by atoms with Gasteiger partial charge in [-0.1, -0.05) is 6.07 Å². The summed E-state index contributed by atoms with van der Waals surface area (Å²) in [6, 6.07) is 13.5. The van der Waals surface area contributed by atoms with E-state index in [4.69, 9.17) is 4.74 Å². The second kappa shape index (κ2) is 8.31. The maximum atomic E-state index is 13.1. The molecule has 0 radical (unpaired) electrons. The third-order valence-electron chi connectivity index (χ3n) is 5.19. The van der Waals surface area contributed by atoms with Gasteiger partial charge in [0.1, 0.15) is 17.3 Å². The first-order valence-corrected chi connectivity index (χ1v) is 9.57. The molecule has 3 aromatic rings. The standard InChI is InChI=1S/C23H21FN2O3/c24-17-4-6-18(7-5-17)29-19-8-9-20-15(12-19)2-1-3-16(20)13-26-22-14-25-11-10-21(22)23(27)28/h4-12,14,16,26H,1-3,13H2,(H,27,28). The zero-order valence-electron chi connectivity index (χ0n) is 15.8. The number of halogens is 1. The number of rotatable bonds is 6. The number of pyridine rings is 1. The van der Waals surface area contributed by atoms with Gasteiger partial charge < -0.3 is 15.2 Å². The Hall–Kier alpha value is -3.41. The number of carbonyl (C=O) groups is 1. The molecule has 6 heteroatoms. The van der Waals surface area contributed by atoms with Crippen LogP contribution in [-0.4, -0.2) is 22.6 Å². The third kappa shape index (κ3) is 4.37. The van der Waals surface area contributed by atoms with E-state index in [9.17, 15) is 14.3 Å². The third-order valence-corrected chi connectivity index (χ3v) is 5.19. The number of hydrogen-bond acceptors (Lipinski definition) is 4. The highest BCUT2D eigenvalue weighted by Crippen LogP contribution is 2.35. The van der Waals surface area contributed by atoms with Gasteiger partial charge in [-0.15, -0.1) is 0 Å². The van der Waals surface area contributed by atoms with Gasteiger partial charge in [-0.25, -0.2) is 9.18 Å². The van der Waals surface area contributed by atoms with E-state index >= 15 is 0 Å². The number of anilines is 1. The largest absolute Gasteiger partial charge is 0.478 e. The molecule has 0 spiro atoms. The van der Waals surface area contributed by atoms with Gasteiger partial charge in [0.05, 0.1) is 17.4 Å². The Bertz CT molecular complexity index is 1020. The zero-order chi connectivity index (χ0) is 20.2. The molecule has 0 aliphatic heterocycles. The Balaban J connectivity index is 1.48. The summed E-state index contributed by atoms with van der Waals surface area (Å²) in [6.45, 7) is 0.636. The normalized spacial score (nSPS) is 15.4. The van der Waals surface area contributed by atoms with Gasteiger partial charge in [-0.3, -0.25) is 4.98 Å². The minimum atomic E-state index is -0.971. The maximum Gasteiger partial charge on any atom is 0.337 e. The van der Waals surface area contributed by atoms with Gasteiger partial charge in [0, 0.05) is 18.7 Å². The molecule has 0 bridgehead atoms. The molecule has 0 saturated carbocycles. The van der Waals surface area contributed by atoms with Gasteiger partial charge in [0.2, 0.25) is 0 Å². The number of aromatic nitrogens is 1. The lowest BCUT2D eigenvalue weighted by Crippen LogP contribution is -2.19. The molecule has 148 valence electrons. The average Bonchev–Trinajstić information content (AvgIpc) is 2.74. The van der Waals surface area contributed by atoms with Crippen molar-refractivity contribution < 1.29 is 19.0 Å². The number of aryl methyl sites for hydroxylation is 1. The predicted molar refractivity (Wildman–Crippen MR) is 108 cm³/mol. The molecule has 5 nitrogen and oxygen atoms in total. The van der Waals surface area contributed by atoms with E-state index in [0.717, 1.165) is 25.0 Å². The molecule has 0 saturated heterocycles. The van der Waals surface area contributed by atoms with Gasteiger partial charge in [0.25, 0.3) is 0 Å². The molecule has 0 fully saturated rings. The van der Waals surface area contributed by atoms with Crippen LogP contribution in [0, 0.1) is 5.82 Å². The van der Waals surface area contributed by atoms with E-state index < -0.39 is 5.97 Å².